The average molecular weight is 376 g/mol. The molecule has 0 amide bonds. The number of allylic oxidation sites excluding steroid dienone is 1. The van der Waals surface area contributed by atoms with E-state index in [1.54, 1.807) is 0 Å². The Morgan fingerprint density at radius 1 is 1.04 bits per heavy atom. The number of hydroxylamine groups is 1. The van der Waals surface area contributed by atoms with Gasteiger partial charge in [-0.1, -0.05) is 20.3 Å². The van der Waals surface area contributed by atoms with Crippen molar-refractivity contribution in [2.24, 2.45) is 5.92 Å². The molecule has 0 aromatic heterocycles. The van der Waals surface area contributed by atoms with Crippen molar-refractivity contribution in [1.82, 2.24) is 5.48 Å². The van der Waals surface area contributed by atoms with Crippen LogP contribution in [0.1, 0.15) is 34.1 Å². The molecular formula is C17H37NO4Si2. The molecule has 0 fully saturated rings. The number of hydrogen-bond acceptors (Lipinski definition) is 5. The number of carbonyl (C=O) groups excluding carboxylic acids is 1. The van der Waals surface area contributed by atoms with Gasteiger partial charge in [-0.05, 0) is 59.0 Å². The van der Waals surface area contributed by atoms with Crippen molar-refractivity contribution in [2.75, 3.05) is 6.61 Å². The number of rotatable bonds is 10. The summed E-state index contributed by atoms with van der Waals surface area (Å²) in [7, 11) is -3.61. The lowest BCUT2D eigenvalue weighted by molar-refractivity contribution is -0.139. The number of carbonyl (C=O) groups is 1. The number of nitrogens with one attached hydrogen (secondary N) is 1. The van der Waals surface area contributed by atoms with E-state index in [0.717, 1.165) is 6.42 Å². The lowest BCUT2D eigenvalue weighted by Crippen LogP contribution is -2.46. The van der Waals surface area contributed by atoms with E-state index in [1.807, 2.05) is 13.8 Å². The van der Waals surface area contributed by atoms with Crippen molar-refractivity contribution in [1.29, 1.82) is 0 Å². The van der Waals surface area contributed by atoms with Crippen molar-refractivity contribution in [3.05, 3.63) is 11.3 Å². The molecule has 0 heterocycles. The Balaban J connectivity index is 5.80. The van der Waals surface area contributed by atoms with Gasteiger partial charge in [-0.25, -0.2) is 10.3 Å². The molecule has 0 bridgehead atoms. The van der Waals surface area contributed by atoms with Gasteiger partial charge < -0.3 is 13.7 Å². The smallest absolute Gasteiger partial charge is 0.339 e. The van der Waals surface area contributed by atoms with E-state index in [9.17, 15) is 4.79 Å². The summed E-state index contributed by atoms with van der Waals surface area (Å²) in [6.45, 7) is 20.8. The van der Waals surface area contributed by atoms with E-state index in [-0.39, 0.29) is 17.9 Å². The van der Waals surface area contributed by atoms with Crippen LogP contribution < -0.4 is 5.48 Å². The molecule has 2 unspecified atom stereocenters. The summed E-state index contributed by atoms with van der Waals surface area (Å²) in [6, 6.07) is -0.253. The predicted octanol–water partition coefficient (Wildman–Crippen LogP) is 4.45. The van der Waals surface area contributed by atoms with Crippen molar-refractivity contribution in [3.8, 4) is 0 Å². The fourth-order valence-corrected chi connectivity index (χ4v) is 3.66. The molecular weight excluding hydrogens is 338 g/mol. The Morgan fingerprint density at radius 3 is 1.96 bits per heavy atom. The maximum Gasteiger partial charge on any atom is 0.339 e. The molecule has 0 rings (SSSR count). The van der Waals surface area contributed by atoms with Crippen LogP contribution in [0.25, 0.3) is 0 Å². The summed E-state index contributed by atoms with van der Waals surface area (Å²) in [5.74, 6) is 0.524. The minimum atomic E-state index is -1.83. The van der Waals surface area contributed by atoms with Crippen LogP contribution in [0.4, 0.5) is 0 Å². The van der Waals surface area contributed by atoms with Gasteiger partial charge >= 0.3 is 5.97 Å². The number of hydrogen-bond donors (Lipinski definition) is 1. The first-order chi connectivity index (χ1) is 10.8. The van der Waals surface area contributed by atoms with Gasteiger partial charge in [0.1, 0.15) is 0 Å². The summed E-state index contributed by atoms with van der Waals surface area (Å²) < 4.78 is 17.3. The summed E-state index contributed by atoms with van der Waals surface area (Å²) in [4.78, 5) is 12.6. The molecule has 5 nitrogen and oxygen atoms in total. The minimum Gasteiger partial charge on any atom is -0.547 e. The van der Waals surface area contributed by atoms with Crippen LogP contribution in [0.3, 0.4) is 0 Å². The SMILES string of the molecule is CCOC(=O)/C(=C(\C)O[Si](C)(C)C)C(NO[Si](C)(C)C)C(C)CC. The Labute approximate surface area is 150 Å². The Morgan fingerprint density at radius 2 is 1.58 bits per heavy atom. The monoisotopic (exact) mass is 375 g/mol. The van der Waals surface area contributed by atoms with Gasteiger partial charge in [-0.3, -0.25) is 0 Å². The molecule has 2 atom stereocenters. The second-order valence-corrected chi connectivity index (χ2v) is 17.0. The highest BCUT2D eigenvalue weighted by Crippen LogP contribution is 2.24. The van der Waals surface area contributed by atoms with Gasteiger partial charge in [-0.15, -0.1) is 0 Å². The zero-order valence-corrected chi connectivity index (χ0v) is 19.2. The Hall–Kier alpha value is -0.636. The van der Waals surface area contributed by atoms with Gasteiger partial charge in [0, 0.05) is 0 Å². The van der Waals surface area contributed by atoms with E-state index in [0.29, 0.717) is 17.9 Å². The first-order valence-electron chi connectivity index (χ1n) is 8.82. The quantitative estimate of drug-likeness (QED) is 0.201. The van der Waals surface area contributed by atoms with Gasteiger partial charge in [-0.2, -0.15) is 0 Å². The molecule has 142 valence electrons. The fraction of sp³-hybridized carbons (Fsp3) is 0.824. The van der Waals surface area contributed by atoms with Gasteiger partial charge in [0.25, 0.3) is 0 Å². The molecule has 0 aliphatic heterocycles. The van der Waals surface area contributed by atoms with E-state index in [4.69, 9.17) is 13.7 Å². The Kier molecular flexibility index (Phi) is 9.49. The highest BCUT2D eigenvalue weighted by molar-refractivity contribution is 6.70. The number of ether oxygens (including phenoxy) is 1. The molecule has 0 aromatic carbocycles. The van der Waals surface area contributed by atoms with E-state index >= 15 is 0 Å². The molecule has 0 aliphatic carbocycles. The molecule has 0 aromatic rings. The zero-order chi connectivity index (χ0) is 19.1. The van der Waals surface area contributed by atoms with Crippen molar-refractivity contribution >= 4 is 22.6 Å². The lowest BCUT2D eigenvalue weighted by Gasteiger charge is -2.31. The third-order valence-electron chi connectivity index (χ3n) is 3.35. The van der Waals surface area contributed by atoms with Crippen LogP contribution in [-0.4, -0.2) is 35.3 Å². The highest BCUT2D eigenvalue weighted by Gasteiger charge is 2.32. The van der Waals surface area contributed by atoms with Gasteiger partial charge in [0.15, 0.2) is 0 Å². The minimum absolute atomic E-state index is 0.209. The molecule has 7 heteroatoms. The second-order valence-electron chi connectivity index (χ2n) is 8.10. The Bertz CT molecular complexity index is 439. The van der Waals surface area contributed by atoms with E-state index in [1.165, 1.54) is 0 Å². The van der Waals surface area contributed by atoms with Crippen molar-refractivity contribution in [3.63, 3.8) is 0 Å². The predicted molar refractivity (Wildman–Crippen MR) is 105 cm³/mol. The third-order valence-corrected chi connectivity index (χ3v) is 5.00. The zero-order valence-electron chi connectivity index (χ0n) is 17.2. The van der Waals surface area contributed by atoms with Crippen molar-refractivity contribution < 1.29 is 18.5 Å². The summed E-state index contributed by atoms with van der Waals surface area (Å²) in [5.41, 5.74) is 3.70. The third kappa shape index (κ3) is 9.01. The molecule has 0 aliphatic rings. The summed E-state index contributed by atoms with van der Waals surface area (Å²) >= 11 is 0. The van der Waals surface area contributed by atoms with Crippen LogP contribution >= 0.6 is 0 Å². The van der Waals surface area contributed by atoms with Crippen LogP contribution in [0.5, 0.6) is 0 Å². The van der Waals surface area contributed by atoms with Crippen LogP contribution in [0.15, 0.2) is 11.3 Å². The summed E-state index contributed by atoms with van der Waals surface area (Å²) in [6.07, 6.45) is 0.913. The largest absolute Gasteiger partial charge is 0.547 e. The number of esters is 1. The van der Waals surface area contributed by atoms with Crippen LogP contribution in [0, 0.1) is 5.92 Å². The first-order valence-corrected chi connectivity index (χ1v) is 15.6. The summed E-state index contributed by atoms with van der Waals surface area (Å²) in [5, 5.41) is 0. The molecule has 0 spiro atoms. The van der Waals surface area contributed by atoms with Crippen molar-refractivity contribution in [2.45, 2.75) is 79.4 Å². The van der Waals surface area contributed by atoms with E-state index < -0.39 is 16.6 Å². The molecule has 0 saturated heterocycles. The lowest BCUT2D eigenvalue weighted by atomic mass is 9.92. The van der Waals surface area contributed by atoms with E-state index in [2.05, 4.69) is 58.6 Å². The molecule has 1 N–H and O–H groups in total. The normalized spacial score (nSPS) is 16.2. The topological polar surface area (TPSA) is 56.8 Å². The maximum atomic E-state index is 12.6. The molecule has 0 radical (unpaired) electrons. The highest BCUT2D eigenvalue weighted by atomic mass is 28.4. The average Bonchev–Trinajstić information content (AvgIpc) is 2.39. The van der Waals surface area contributed by atoms with Crippen LogP contribution in [0.2, 0.25) is 39.3 Å². The second kappa shape index (κ2) is 9.75. The fourth-order valence-electron chi connectivity index (χ4n) is 2.15. The first kappa shape index (κ1) is 23.4. The maximum absolute atomic E-state index is 12.6. The molecule has 24 heavy (non-hydrogen) atoms. The standard InChI is InChI=1S/C17H37NO4Si2/c1-11-13(3)16(18-22-24(8,9)10)15(17(19)20-12-2)14(4)21-23(5,6)7/h13,16,18H,11-12H2,1-10H3/b15-14+. The van der Waals surface area contributed by atoms with Gasteiger partial charge in [0.05, 0.1) is 24.0 Å². The molecule has 0 saturated carbocycles. The van der Waals surface area contributed by atoms with Gasteiger partial charge in [0.2, 0.25) is 16.6 Å². The van der Waals surface area contributed by atoms with Crippen LogP contribution in [-0.2, 0) is 18.5 Å².